The van der Waals surface area contributed by atoms with Crippen LogP contribution >= 0.6 is 0 Å². The highest BCUT2D eigenvalue weighted by atomic mass is 16.5. The summed E-state index contributed by atoms with van der Waals surface area (Å²) in [4.78, 5) is 22.2. The molecule has 0 spiro atoms. The summed E-state index contributed by atoms with van der Waals surface area (Å²) in [5, 5.41) is 14.3. The van der Waals surface area contributed by atoms with E-state index in [1.54, 1.807) is 7.11 Å². The van der Waals surface area contributed by atoms with Gasteiger partial charge in [-0.3, -0.25) is 4.79 Å². The predicted molar refractivity (Wildman–Crippen MR) is 82.3 cm³/mol. The van der Waals surface area contributed by atoms with Gasteiger partial charge in [-0.15, -0.1) is 0 Å². The Bertz CT molecular complexity index is 297. The van der Waals surface area contributed by atoms with Crippen LogP contribution in [-0.4, -0.2) is 43.9 Å². The number of carbonyl (C=O) groups is 2. The van der Waals surface area contributed by atoms with E-state index in [2.05, 4.69) is 17.6 Å². The van der Waals surface area contributed by atoms with Gasteiger partial charge in [-0.25, -0.2) is 4.79 Å². The number of hydrogen-bond donors (Lipinski definition) is 3. The lowest BCUT2D eigenvalue weighted by Gasteiger charge is -2.16. The number of aliphatic carboxylic acids is 1. The molecule has 0 rings (SSSR count). The van der Waals surface area contributed by atoms with Crippen molar-refractivity contribution in [1.82, 2.24) is 10.6 Å². The van der Waals surface area contributed by atoms with Crippen LogP contribution in [-0.2, 0) is 9.53 Å². The van der Waals surface area contributed by atoms with Crippen molar-refractivity contribution in [3.8, 4) is 0 Å². The third kappa shape index (κ3) is 12.2. The van der Waals surface area contributed by atoms with E-state index in [9.17, 15) is 9.59 Å². The molecule has 2 amide bonds. The van der Waals surface area contributed by atoms with Gasteiger partial charge >= 0.3 is 12.0 Å². The van der Waals surface area contributed by atoms with Crippen LogP contribution in [0.25, 0.3) is 0 Å². The molecule has 6 nitrogen and oxygen atoms in total. The van der Waals surface area contributed by atoms with E-state index in [1.807, 2.05) is 6.92 Å². The molecule has 0 fully saturated rings. The average Bonchev–Trinajstić information content (AvgIpc) is 2.42. The second-order valence-electron chi connectivity index (χ2n) is 5.57. The molecule has 0 saturated carbocycles. The molecule has 0 heterocycles. The Hall–Kier alpha value is -1.30. The minimum Gasteiger partial charge on any atom is -0.481 e. The second kappa shape index (κ2) is 12.4. The highest BCUT2D eigenvalue weighted by molar-refractivity contribution is 5.73. The minimum atomic E-state index is -0.756. The summed E-state index contributed by atoms with van der Waals surface area (Å²) >= 11 is 0. The van der Waals surface area contributed by atoms with E-state index in [4.69, 9.17) is 9.84 Å². The van der Waals surface area contributed by atoms with E-state index in [0.29, 0.717) is 32.0 Å². The van der Waals surface area contributed by atoms with Crippen molar-refractivity contribution in [3.05, 3.63) is 0 Å². The molecule has 0 saturated heterocycles. The Labute approximate surface area is 127 Å². The number of hydrogen-bond acceptors (Lipinski definition) is 3. The summed E-state index contributed by atoms with van der Waals surface area (Å²) in [5.74, 6) is -0.114. The Morgan fingerprint density at radius 2 is 1.90 bits per heavy atom. The fourth-order valence-electron chi connectivity index (χ4n) is 2.23. The number of rotatable bonds is 12. The van der Waals surface area contributed by atoms with E-state index >= 15 is 0 Å². The van der Waals surface area contributed by atoms with Crippen LogP contribution in [0.2, 0.25) is 0 Å². The second-order valence-corrected chi connectivity index (χ2v) is 5.57. The predicted octanol–water partition coefficient (Wildman–Crippen LogP) is 2.24. The third-order valence-electron chi connectivity index (χ3n) is 3.36. The maximum atomic E-state index is 11.6. The zero-order chi connectivity index (χ0) is 16.1. The smallest absolute Gasteiger partial charge is 0.314 e. The number of urea groups is 1. The average molecular weight is 302 g/mol. The zero-order valence-corrected chi connectivity index (χ0v) is 13.5. The Morgan fingerprint density at radius 1 is 1.19 bits per heavy atom. The van der Waals surface area contributed by atoms with Crippen molar-refractivity contribution in [1.29, 1.82) is 0 Å². The van der Waals surface area contributed by atoms with Crippen molar-refractivity contribution in [2.24, 2.45) is 11.8 Å². The normalized spacial score (nSPS) is 13.5. The summed E-state index contributed by atoms with van der Waals surface area (Å²) < 4.78 is 5.00. The largest absolute Gasteiger partial charge is 0.481 e. The molecule has 0 radical (unpaired) electrons. The molecular formula is C15H30N2O4. The Balaban J connectivity index is 3.80. The van der Waals surface area contributed by atoms with Gasteiger partial charge in [-0.1, -0.05) is 26.7 Å². The molecule has 0 aliphatic carbocycles. The highest BCUT2D eigenvalue weighted by Gasteiger charge is 2.11. The molecule has 0 aromatic rings. The van der Waals surface area contributed by atoms with Crippen LogP contribution < -0.4 is 10.6 Å². The van der Waals surface area contributed by atoms with Gasteiger partial charge in [0, 0.05) is 26.6 Å². The van der Waals surface area contributed by atoms with Crippen molar-refractivity contribution >= 4 is 12.0 Å². The number of carboxylic acids is 1. The van der Waals surface area contributed by atoms with Gasteiger partial charge in [0.1, 0.15) is 0 Å². The van der Waals surface area contributed by atoms with Gasteiger partial charge < -0.3 is 20.5 Å². The zero-order valence-electron chi connectivity index (χ0n) is 13.5. The molecule has 2 atom stereocenters. The number of ether oxygens (including phenoxy) is 1. The number of amides is 2. The molecule has 0 aromatic carbocycles. The van der Waals surface area contributed by atoms with Gasteiger partial charge in [0.2, 0.25) is 0 Å². The summed E-state index contributed by atoms with van der Waals surface area (Å²) in [7, 11) is 1.64. The summed E-state index contributed by atoms with van der Waals surface area (Å²) in [6.07, 6.45) is 3.73. The molecule has 2 unspecified atom stereocenters. The number of carbonyl (C=O) groups excluding carboxylic acids is 1. The van der Waals surface area contributed by atoms with Gasteiger partial charge in [0.15, 0.2) is 0 Å². The van der Waals surface area contributed by atoms with Crippen LogP contribution in [0.5, 0.6) is 0 Å². The first-order valence-corrected chi connectivity index (χ1v) is 7.72. The first-order chi connectivity index (χ1) is 9.99. The van der Waals surface area contributed by atoms with Crippen LogP contribution in [0, 0.1) is 11.8 Å². The van der Waals surface area contributed by atoms with Crippen molar-refractivity contribution in [2.45, 2.75) is 46.0 Å². The molecule has 124 valence electrons. The SMILES string of the molecule is CCCC(CCNC(=O)NCC(C)COC)CCC(=O)O. The van der Waals surface area contributed by atoms with Gasteiger partial charge in [-0.05, 0) is 24.7 Å². The lowest BCUT2D eigenvalue weighted by atomic mass is 9.94. The highest BCUT2D eigenvalue weighted by Crippen LogP contribution is 2.17. The topological polar surface area (TPSA) is 87.7 Å². The number of methoxy groups -OCH3 is 1. The maximum absolute atomic E-state index is 11.6. The number of carboxylic acid groups (broad SMARTS) is 1. The lowest BCUT2D eigenvalue weighted by Crippen LogP contribution is -2.39. The fourth-order valence-corrected chi connectivity index (χ4v) is 2.23. The molecule has 6 heteroatoms. The van der Waals surface area contributed by atoms with E-state index in [0.717, 1.165) is 19.3 Å². The lowest BCUT2D eigenvalue weighted by molar-refractivity contribution is -0.137. The van der Waals surface area contributed by atoms with Gasteiger partial charge in [0.25, 0.3) is 0 Å². The van der Waals surface area contributed by atoms with Crippen LogP contribution in [0.4, 0.5) is 4.79 Å². The maximum Gasteiger partial charge on any atom is 0.314 e. The quantitative estimate of drug-likeness (QED) is 0.516. The summed E-state index contributed by atoms with van der Waals surface area (Å²) in [6.45, 7) is 5.87. The number of nitrogens with one attached hydrogen (secondary N) is 2. The molecule has 21 heavy (non-hydrogen) atoms. The van der Waals surface area contributed by atoms with E-state index in [-0.39, 0.29) is 18.4 Å². The molecule has 0 bridgehead atoms. The van der Waals surface area contributed by atoms with Gasteiger partial charge in [0.05, 0.1) is 6.61 Å². The Morgan fingerprint density at radius 3 is 2.48 bits per heavy atom. The summed E-state index contributed by atoms with van der Waals surface area (Å²) in [6, 6.07) is -0.175. The van der Waals surface area contributed by atoms with E-state index < -0.39 is 5.97 Å². The Kier molecular flexibility index (Phi) is 11.7. The van der Waals surface area contributed by atoms with Crippen molar-refractivity contribution in [3.63, 3.8) is 0 Å². The third-order valence-corrected chi connectivity index (χ3v) is 3.36. The summed E-state index contributed by atoms with van der Waals surface area (Å²) in [5.41, 5.74) is 0. The van der Waals surface area contributed by atoms with Gasteiger partial charge in [-0.2, -0.15) is 0 Å². The molecule has 0 aliphatic heterocycles. The minimum absolute atomic E-state index is 0.175. The van der Waals surface area contributed by atoms with Crippen LogP contribution in [0.15, 0.2) is 0 Å². The molecular weight excluding hydrogens is 272 g/mol. The first-order valence-electron chi connectivity index (χ1n) is 7.72. The first kappa shape index (κ1) is 19.7. The monoisotopic (exact) mass is 302 g/mol. The van der Waals surface area contributed by atoms with Crippen LogP contribution in [0.3, 0.4) is 0 Å². The van der Waals surface area contributed by atoms with Crippen molar-refractivity contribution < 1.29 is 19.4 Å². The fraction of sp³-hybridized carbons (Fsp3) is 0.867. The standard InChI is InChI=1S/C15H30N2O4/c1-4-5-13(6-7-14(18)19)8-9-16-15(20)17-10-12(2)11-21-3/h12-13H,4-11H2,1-3H3,(H,18,19)(H2,16,17,20). The molecule has 0 aliphatic rings. The van der Waals surface area contributed by atoms with Crippen LogP contribution in [0.1, 0.15) is 46.0 Å². The van der Waals surface area contributed by atoms with E-state index in [1.165, 1.54) is 0 Å². The molecule has 0 aromatic heterocycles. The van der Waals surface area contributed by atoms with Crippen molar-refractivity contribution in [2.75, 3.05) is 26.8 Å². The molecule has 3 N–H and O–H groups in total.